The zero-order valence-corrected chi connectivity index (χ0v) is 6.79. The number of hydrazine groups is 2. The Bertz CT molecular complexity index is 102. The van der Waals surface area contributed by atoms with Gasteiger partial charge in [0.1, 0.15) is 0 Å². The summed E-state index contributed by atoms with van der Waals surface area (Å²) in [7, 11) is 0. The first kappa shape index (κ1) is 12.0. The molecule has 0 aliphatic heterocycles. The van der Waals surface area contributed by atoms with Gasteiger partial charge in [0.05, 0.1) is 4.99 Å². The van der Waals surface area contributed by atoms with Gasteiger partial charge < -0.3 is 5.43 Å². The van der Waals surface area contributed by atoms with Crippen LogP contribution in [0.15, 0.2) is 0 Å². The standard InChI is InChI=1S/C2H6N2O.C2H6N2S/c2*1-2(5)4-3/h2*3H2,1H3,(H,4,5). The van der Waals surface area contributed by atoms with Gasteiger partial charge in [-0.05, 0) is 6.92 Å². The van der Waals surface area contributed by atoms with Crippen LogP contribution in [0.1, 0.15) is 13.8 Å². The lowest BCUT2D eigenvalue weighted by atomic mass is 10.8. The van der Waals surface area contributed by atoms with Crippen molar-refractivity contribution in [2.45, 2.75) is 13.8 Å². The molecule has 1 amide bonds. The molecule has 0 aliphatic rings. The van der Waals surface area contributed by atoms with Gasteiger partial charge in [0.2, 0.25) is 5.91 Å². The van der Waals surface area contributed by atoms with E-state index in [-0.39, 0.29) is 5.91 Å². The fourth-order valence-electron chi connectivity index (χ4n) is 0. The maximum Gasteiger partial charge on any atom is 0.230 e. The van der Waals surface area contributed by atoms with Gasteiger partial charge in [-0.3, -0.25) is 16.1 Å². The fraction of sp³-hybridized carbons (Fsp3) is 0.500. The zero-order chi connectivity index (χ0) is 8.57. The van der Waals surface area contributed by atoms with E-state index >= 15 is 0 Å². The van der Waals surface area contributed by atoms with Crippen LogP contribution in [0.5, 0.6) is 0 Å². The van der Waals surface area contributed by atoms with Crippen LogP contribution >= 0.6 is 12.2 Å². The molecular weight excluding hydrogens is 152 g/mol. The van der Waals surface area contributed by atoms with Gasteiger partial charge in [0, 0.05) is 6.92 Å². The summed E-state index contributed by atoms with van der Waals surface area (Å²) in [6, 6.07) is 0. The number of thiocarbonyl (C=S) groups is 1. The molecule has 0 rings (SSSR count). The van der Waals surface area contributed by atoms with Gasteiger partial charge in [-0.1, -0.05) is 12.2 Å². The Balaban J connectivity index is 0. The van der Waals surface area contributed by atoms with Crippen molar-refractivity contribution in [3.8, 4) is 0 Å². The van der Waals surface area contributed by atoms with E-state index in [0.29, 0.717) is 4.99 Å². The second kappa shape index (κ2) is 8.28. The van der Waals surface area contributed by atoms with Crippen LogP contribution in [0.3, 0.4) is 0 Å². The van der Waals surface area contributed by atoms with E-state index in [1.165, 1.54) is 6.92 Å². The third-order valence-electron chi connectivity index (χ3n) is 0.407. The summed E-state index contributed by atoms with van der Waals surface area (Å²) in [5.41, 5.74) is 4.15. The number of carbonyl (C=O) groups is 1. The number of amides is 1. The second-order valence-electron chi connectivity index (χ2n) is 1.40. The molecule has 0 aliphatic carbocycles. The van der Waals surface area contributed by atoms with Crippen LogP contribution in [0.2, 0.25) is 0 Å². The average Bonchev–Trinajstić information content (AvgIpc) is 1.89. The SMILES string of the molecule is CC(=O)NN.CC(=S)NN. The molecule has 0 bridgehead atoms. The Morgan fingerprint density at radius 1 is 1.30 bits per heavy atom. The van der Waals surface area contributed by atoms with Crippen molar-refractivity contribution in [3.63, 3.8) is 0 Å². The normalized spacial score (nSPS) is 6.80. The van der Waals surface area contributed by atoms with Crippen molar-refractivity contribution < 1.29 is 4.79 Å². The fourth-order valence-corrected chi connectivity index (χ4v) is 0. The lowest BCUT2D eigenvalue weighted by molar-refractivity contribution is -0.119. The van der Waals surface area contributed by atoms with E-state index < -0.39 is 0 Å². The number of carbonyl (C=O) groups excluding carboxylic acids is 1. The Hall–Kier alpha value is -0.720. The molecule has 0 unspecified atom stereocenters. The predicted octanol–water partition coefficient (Wildman–Crippen LogP) is -1.21. The van der Waals surface area contributed by atoms with E-state index in [2.05, 4.69) is 23.5 Å². The summed E-state index contributed by atoms with van der Waals surface area (Å²) in [5.74, 6) is 9.13. The molecule has 60 valence electrons. The zero-order valence-electron chi connectivity index (χ0n) is 5.97. The largest absolute Gasteiger partial charge is 0.318 e. The highest BCUT2D eigenvalue weighted by atomic mass is 32.1. The number of hydrogen-bond acceptors (Lipinski definition) is 4. The Morgan fingerprint density at radius 2 is 1.50 bits per heavy atom. The average molecular weight is 164 g/mol. The minimum Gasteiger partial charge on any atom is -0.318 e. The highest BCUT2D eigenvalue weighted by Crippen LogP contribution is 1.54. The molecule has 0 saturated carbocycles. The number of nitrogens with one attached hydrogen (secondary N) is 2. The second-order valence-corrected chi connectivity index (χ2v) is 2.01. The van der Waals surface area contributed by atoms with Crippen LogP contribution in [0.4, 0.5) is 0 Å². The quantitative estimate of drug-likeness (QED) is 0.156. The summed E-state index contributed by atoms with van der Waals surface area (Å²) in [6.07, 6.45) is 0. The minimum absolute atomic E-state index is 0.218. The molecule has 0 fully saturated rings. The monoisotopic (exact) mass is 164 g/mol. The van der Waals surface area contributed by atoms with Crippen molar-refractivity contribution in [2.24, 2.45) is 11.7 Å². The first-order chi connectivity index (χ1) is 4.54. The molecule has 0 aromatic carbocycles. The highest BCUT2D eigenvalue weighted by molar-refractivity contribution is 7.80. The van der Waals surface area contributed by atoms with Crippen molar-refractivity contribution in [1.82, 2.24) is 10.9 Å². The van der Waals surface area contributed by atoms with E-state index in [1.54, 1.807) is 6.92 Å². The molecule has 6 N–H and O–H groups in total. The molecule has 0 spiro atoms. The van der Waals surface area contributed by atoms with E-state index in [0.717, 1.165) is 0 Å². The molecular formula is C4H12N4OS. The molecule has 0 aromatic rings. The number of rotatable bonds is 0. The summed E-state index contributed by atoms with van der Waals surface area (Å²) in [5, 5.41) is 0. The maximum absolute atomic E-state index is 9.58. The van der Waals surface area contributed by atoms with Crippen LogP contribution in [-0.4, -0.2) is 10.9 Å². The van der Waals surface area contributed by atoms with Gasteiger partial charge in [-0.25, -0.2) is 5.84 Å². The summed E-state index contributed by atoms with van der Waals surface area (Å²) >= 11 is 4.46. The Labute approximate surface area is 65.1 Å². The maximum atomic E-state index is 9.58. The smallest absolute Gasteiger partial charge is 0.230 e. The molecule has 10 heavy (non-hydrogen) atoms. The van der Waals surface area contributed by atoms with E-state index in [4.69, 9.17) is 5.84 Å². The third-order valence-corrected chi connectivity index (χ3v) is 0.524. The topological polar surface area (TPSA) is 93.2 Å². The first-order valence-corrected chi connectivity index (χ1v) is 2.89. The third kappa shape index (κ3) is 26.7. The van der Waals surface area contributed by atoms with Crippen molar-refractivity contribution >= 4 is 23.1 Å². The lowest BCUT2D eigenvalue weighted by Gasteiger charge is -1.85. The predicted molar refractivity (Wildman–Crippen MR) is 43.6 cm³/mol. The van der Waals surface area contributed by atoms with Crippen molar-refractivity contribution in [2.75, 3.05) is 0 Å². The molecule has 5 nitrogen and oxygen atoms in total. The number of nitrogens with two attached hydrogens (primary N) is 2. The lowest BCUT2D eigenvalue weighted by Crippen LogP contribution is -2.26. The van der Waals surface area contributed by atoms with Gasteiger partial charge in [-0.15, -0.1) is 0 Å². The van der Waals surface area contributed by atoms with Crippen molar-refractivity contribution in [1.29, 1.82) is 0 Å². The van der Waals surface area contributed by atoms with E-state index in [9.17, 15) is 4.79 Å². The highest BCUT2D eigenvalue weighted by Gasteiger charge is 1.73. The molecule has 6 heteroatoms. The minimum atomic E-state index is -0.218. The number of hydrogen-bond donors (Lipinski definition) is 4. The summed E-state index contributed by atoms with van der Waals surface area (Å²) in [4.78, 5) is 10.2. The first-order valence-electron chi connectivity index (χ1n) is 2.49. The van der Waals surface area contributed by atoms with Gasteiger partial charge in [0.25, 0.3) is 0 Å². The molecule has 0 radical (unpaired) electrons. The van der Waals surface area contributed by atoms with Crippen LogP contribution in [0.25, 0.3) is 0 Å². The summed E-state index contributed by atoms with van der Waals surface area (Å²) < 4.78 is 0. The van der Waals surface area contributed by atoms with Gasteiger partial charge in [0.15, 0.2) is 0 Å². The van der Waals surface area contributed by atoms with Crippen molar-refractivity contribution in [3.05, 3.63) is 0 Å². The Kier molecular flexibility index (Phi) is 9.94. The van der Waals surface area contributed by atoms with Gasteiger partial charge in [-0.2, -0.15) is 0 Å². The Morgan fingerprint density at radius 3 is 1.50 bits per heavy atom. The van der Waals surface area contributed by atoms with Crippen LogP contribution in [0, 0.1) is 0 Å². The summed E-state index contributed by atoms with van der Waals surface area (Å²) in [6.45, 7) is 3.06. The van der Waals surface area contributed by atoms with Crippen LogP contribution in [-0.2, 0) is 4.79 Å². The molecule has 0 atom stereocenters. The van der Waals surface area contributed by atoms with Gasteiger partial charge >= 0.3 is 0 Å². The van der Waals surface area contributed by atoms with E-state index in [1.807, 2.05) is 5.43 Å². The molecule has 0 aromatic heterocycles. The molecule has 0 saturated heterocycles. The van der Waals surface area contributed by atoms with Crippen LogP contribution < -0.4 is 22.5 Å². The molecule has 0 heterocycles.